The minimum absolute atomic E-state index is 0.0826. The molecule has 0 amide bonds. The van der Waals surface area contributed by atoms with Gasteiger partial charge in [-0.15, -0.1) is 0 Å². The second kappa shape index (κ2) is 11.6. The summed E-state index contributed by atoms with van der Waals surface area (Å²) in [7, 11) is -2.46. The van der Waals surface area contributed by atoms with Crippen molar-refractivity contribution in [3.8, 4) is 22.3 Å². The molecule has 2 atom stereocenters. The van der Waals surface area contributed by atoms with Gasteiger partial charge in [-0.2, -0.15) is 0 Å². The van der Waals surface area contributed by atoms with Crippen LogP contribution < -0.4 is 15.6 Å². The minimum Gasteiger partial charge on any atom is -0.0624 e. The summed E-state index contributed by atoms with van der Waals surface area (Å²) < 4.78 is 0. The maximum atomic E-state index is 2.68. The van der Waals surface area contributed by atoms with Crippen LogP contribution in [0.1, 0.15) is 67.3 Å². The lowest BCUT2D eigenvalue weighted by Gasteiger charge is -2.54. The van der Waals surface area contributed by atoms with Gasteiger partial charge in [0.1, 0.15) is 0 Å². The van der Waals surface area contributed by atoms with Gasteiger partial charge in [0, 0.05) is 0 Å². The van der Waals surface area contributed by atoms with E-state index < -0.39 is 13.5 Å². The molecular formula is C51H44Si. The molecule has 7 aromatic carbocycles. The lowest BCUT2D eigenvalue weighted by molar-refractivity contribution is 0.241. The van der Waals surface area contributed by atoms with Crippen molar-refractivity contribution < 1.29 is 0 Å². The summed E-state index contributed by atoms with van der Waals surface area (Å²) >= 11 is 0. The Morgan fingerprint density at radius 1 is 0.423 bits per heavy atom. The van der Waals surface area contributed by atoms with Crippen molar-refractivity contribution in [2.75, 3.05) is 0 Å². The first-order chi connectivity index (χ1) is 25.5. The van der Waals surface area contributed by atoms with Gasteiger partial charge in [-0.1, -0.05) is 203 Å². The second-order valence-electron chi connectivity index (χ2n) is 15.9. The topological polar surface area (TPSA) is 0 Å². The number of rotatable bonds is 5. The molecule has 10 rings (SSSR count). The van der Waals surface area contributed by atoms with Crippen molar-refractivity contribution in [1.82, 2.24) is 0 Å². The Kier molecular flexibility index (Phi) is 7.05. The van der Waals surface area contributed by atoms with E-state index in [9.17, 15) is 0 Å². The number of benzene rings is 7. The van der Waals surface area contributed by atoms with Gasteiger partial charge in [0.2, 0.25) is 0 Å². The summed E-state index contributed by atoms with van der Waals surface area (Å²) in [4.78, 5) is 0. The van der Waals surface area contributed by atoms with Crippen molar-refractivity contribution in [1.29, 1.82) is 0 Å². The van der Waals surface area contributed by atoms with Crippen LogP contribution in [0.2, 0.25) is 5.04 Å². The Hall–Kier alpha value is -5.24. The van der Waals surface area contributed by atoms with Gasteiger partial charge in [0.15, 0.2) is 8.07 Å². The van der Waals surface area contributed by atoms with Crippen molar-refractivity contribution in [3.05, 3.63) is 210 Å². The summed E-state index contributed by atoms with van der Waals surface area (Å²) in [5.41, 5.74) is 11.9. The Morgan fingerprint density at radius 3 is 1.52 bits per heavy atom. The van der Waals surface area contributed by atoms with Gasteiger partial charge in [0.05, 0.1) is 5.41 Å². The molecule has 7 aromatic rings. The van der Waals surface area contributed by atoms with Gasteiger partial charge in [0.25, 0.3) is 0 Å². The molecule has 2 aliphatic carbocycles. The Bertz CT molecular complexity index is 2350. The van der Waals surface area contributed by atoms with Crippen LogP contribution in [0, 0.1) is 0 Å². The number of hydrogen-bond donors (Lipinski definition) is 0. The summed E-state index contributed by atoms with van der Waals surface area (Å²) in [6.07, 6.45) is 5.08. The smallest absolute Gasteiger partial charge is 0.0624 e. The second-order valence-corrected chi connectivity index (χ2v) is 20.2. The van der Waals surface area contributed by atoms with Crippen molar-refractivity contribution in [2.45, 2.75) is 55.4 Å². The molecule has 2 unspecified atom stereocenters. The molecule has 252 valence electrons. The molecule has 0 nitrogen and oxygen atoms in total. The van der Waals surface area contributed by atoms with Gasteiger partial charge in [-0.3, -0.25) is 0 Å². The van der Waals surface area contributed by atoms with Crippen LogP contribution in [-0.2, 0) is 10.8 Å². The highest BCUT2D eigenvalue weighted by atomic mass is 28.3. The molecule has 0 saturated heterocycles. The van der Waals surface area contributed by atoms with Gasteiger partial charge < -0.3 is 0 Å². The van der Waals surface area contributed by atoms with E-state index in [1.807, 2.05) is 0 Å². The highest BCUT2D eigenvalue weighted by Gasteiger charge is 2.68. The SMILES string of the molecule is CC12CCCCC1(C)[Si](c1ccccc1)(c1ccccc1)c1ccc(-c3ccc4c(c3)C(c3ccccc3)(c3ccccc3)c3ccccc3-4)cc12. The van der Waals surface area contributed by atoms with Gasteiger partial charge in [-0.25, -0.2) is 0 Å². The number of fused-ring (bicyclic) bond motifs is 6. The summed E-state index contributed by atoms with van der Waals surface area (Å²) in [6.45, 7) is 5.31. The molecule has 0 N–H and O–H groups in total. The molecule has 1 saturated carbocycles. The van der Waals surface area contributed by atoms with Crippen molar-refractivity contribution in [2.24, 2.45) is 0 Å². The van der Waals surface area contributed by atoms with Crippen LogP contribution in [-0.4, -0.2) is 8.07 Å². The maximum absolute atomic E-state index is 2.68. The predicted octanol–water partition coefficient (Wildman–Crippen LogP) is 10.8. The summed E-state index contributed by atoms with van der Waals surface area (Å²) in [5.74, 6) is 0. The molecule has 3 aliphatic rings. The van der Waals surface area contributed by atoms with Gasteiger partial charge >= 0.3 is 0 Å². The fourth-order valence-electron chi connectivity index (χ4n) is 11.5. The average Bonchev–Trinajstić information content (AvgIpc) is 3.61. The summed E-state index contributed by atoms with van der Waals surface area (Å²) in [5, 5.41) is 4.87. The van der Waals surface area contributed by atoms with E-state index in [-0.39, 0.29) is 10.5 Å². The number of hydrogen-bond acceptors (Lipinski definition) is 0. The largest absolute Gasteiger partial charge is 0.155 e. The zero-order valence-corrected chi connectivity index (χ0v) is 31.1. The molecular weight excluding hydrogens is 641 g/mol. The third kappa shape index (κ3) is 3.98. The van der Waals surface area contributed by atoms with E-state index >= 15 is 0 Å². The fourth-order valence-corrected chi connectivity index (χ4v) is 18.4. The minimum atomic E-state index is -2.46. The lowest BCUT2D eigenvalue weighted by Crippen LogP contribution is -2.72. The zero-order valence-electron chi connectivity index (χ0n) is 30.1. The normalized spacial score (nSPS) is 21.8. The first-order valence-corrected chi connectivity index (χ1v) is 21.2. The Balaban J connectivity index is 1.23. The van der Waals surface area contributed by atoms with Crippen LogP contribution in [0.25, 0.3) is 22.3 Å². The van der Waals surface area contributed by atoms with E-state index in [4.69, 9.17) is 0 Å². The van der Waals surface area contributed by atoms with Gasteiger partial charge in [-0.05, 0) is 95.0 Å². The van der Waals surface area contributed by atoms with E-state index in [0.29, 0.717) is 0 Å². The third-order valence-corrected chi connectivity index (χ3v) is 20.0. The molecule has 52 heavy (non-hydrogen) atoms. The quantitative estimate of drug-likeness (QED) is 0.158. The molecule has 0 bridgehead atoms. The van der Waals surface area contributed by atoms with E-state index in [0.717, 1.165) is 0 Å². The van der Waals surface area contributed by atoms with E-state index in [1.165, 1.54) is 70.2 Å². The molecule has 1 fully saturated rings. The molecule has 1 heteroatoms. The van der Waals surface area contributed by atoms with Crippen molar-refractivity contribution >= 4 is 23.6 Å². The third-order valence-electron chi connectivity index (χ3n) is 13.9. The van der Waals surface area contributed by atoms with Crippen LogP contribution in [0.15, 0.2) is 182 Å². The lowest BCUT2D eigenvalue weighted by atomic mass is 9.64. The summed E-state index contributed by atoms with van der Waals surface area (Å²) in [6, 6.07) is 69.7. The average molecular weight is 685 g/mol. The molecule has 1 aliphatic heterocycles. The Labute approximate surface area is 309 Å². The van der Waals surface area contributed by atoms with Crippen LogP contribution in [0.5, 0.6) is 0 Å². The molecule has 0 aromatic heterocycles. The Morgan fingerprint density at radius 2 is 0.904 bits per heavy atom. The molecule has 1 heterocycles. The first-order valence-electron chi connectivity index (χ1n) is 19.2. The van der Waals surface area contributed by atoms with E-state index in [1.54, 1.807) is 21.1 Å². The van der Waals surface area contributed by atoms with Crippen molar-refractivity contribution in [3.63, 3.8) is 0 Å². The molecule has 0 radical (unpaired) electrons. The molecule has 0 spiro atoms. The van der Waals surface area contributed by atoms with Crippen LogP contribution in [0.3, 0.4) is 0 Å². The van der Waals surface area contributed by atoms with Crippen LogP contribution in [0.4, 0.5) is 0 Å². The van der Waals surface area contributed by atoms with E-state index in [2.05, 4.69) is 196 Å². The monoisotopic (exact) mass is 684 g/mol. The first kappa shape index (κ1) is 31.5. The highest BCUT2D eigenvalue weighted by molar-refractivity contribution is 7.14. The fraction of sp³-hybridized carbons (Fsp3) is 0.176. The predicted molar refractivity (Wildman–Crippen MR) is 221 cm³/mol. The zero-order chi connectivity index (χ0) is 35.0. The standard InChI is InChI=1S/C51H44Si/c1-49-33-17-18-34-50(49,2)52(41-23-11-5-12-24-41,42-25-13-6-14-26-42)48-32-30-38(36-47(48)49)37-29-31-44-43-27-15-16-28-45(43)51(46(44)35-37,39-19-7-3-8-20-39)40-21-9-4-10-22-40/h3-16,19-32,35-36H,17-18,33-34H2,1-2H3. The van der Waals surface area contributed by atoms with Crippen LogP contribution >= 0.6 is 0 Å². The highest BCUT2D eigenvalue weighted by Crippen LogP contribution is 2.65. The maximum Gasteiger partial charge on any atom is 0.155 e.